The maximum atomic E-state index is 12.4. The molecule has 0 saturated heterocycles. The van der Waals surface area contributed by atoms with E-state index in [1.807, 2.05) is 39.0 Å². The maximum absolute atomic E-state index is 12.4. The molecular weight excluding hydrogens is 344 g/mol. The van der Waals surface area contributed by atoms with Crippen molar-refractivity contribution in [2.75, 3.05) is 32.1 Å². The van der Waals surface area contributed by atoms with Crippen molar-refractivity contribution in [3.05, 3.63) is 53.6 Å². The smallest absolute Gasteiger partial charge is 0.260 e. The van der Waals surface area contributed by atoms with Gasteiger partial charge in [-0.1, -0.05) is 18.2 Å². The predicted molar refractivity (Wildman–Crippen MR) is 105 cm³/mol. The first-order valence-electron chi connectivity index (χ1n) is 8.84. The van der Waals surface area contributed by atoms with Gasteiger partial charge in [0.15, 0.2) is 6.61 Å². The van der Waals surface area contributed by atoms with Gasteiger partial charge in [0.1, 0.15) is 11.5 Å². The Morgan fingerprint density at radius 1 is 1.11 bits per heavy atom. The molecule has 0 aromatic heterocycles. The number of benzene rings is 2. The van der Waals surface area contributed by atoms with Gasteiger partial charge in [0.25, 0.3) is 5.91 Å². The van der Waals surface area contributed by atoms with E-state index >= 15 is 0 Å². The summed E-state index contributed by atoms with van der Waals surface area (Å²) in [5.41, 5.74) is 2.65. The zero-order chi connectivity index (χ0) is 19.8. The van der Waals surface area contributed by atoms with E-state index < -0.39 is 0 Å². The average Bonchev–Trinajstić information content (AvgIpc) is 2.66. The van der Waals surface area contributed by atoms with Gasteiger partial charge in [-0.05, 0) is 50.1 Å². The van der Waals surface area contributed by atoms with Crippen molar-refractivity contribution in [2.24, 2.45) is 0 Å². The third-order valence-electron chi connectivity index (χ3n) is 4.12. The number of hydrogen-bond acceptors (Lipinski definition) is 4. The lowest BCUT2D eigenvalue weighted by Crippen LogP contribution is -2.40. The molecule has 0 unspecified atom stereocenters. The lowest BCUT2D eigenvalue weighted by atomic mass is 10.1. The van der Waals surface area contributed by atoms with Crippen LogP contribution in [-0.4, -0.2) is 43.5 Å². The van der Waals surface area contributed by atoms with Crippen LogP contribution in [0, 0.1) is 13.8 Å². The van der Waals surface area contributed by atoms with Crippen molar-refractivity contribution in [1.82, 2.24) is 4.90 Å². The zero-order valence-corrected chi connectivity index (χ0v) is 16.2. The molecule has 0 saturated carbocycles. The first-order valence-corrected chi connectivity index (χ1v) is 8.84. The number of methoxy groups -OCH3 is 1. The van der Waals surface area contributed by atoms with Crippen molar-refractivity contribution in [2.45, 2.75) is 20.8 Å². The highest BCUT2D eigenvalue weighted by Crippen LogP contribution is 2.19. The molecule has 6 nitrogen and oxygen atoms in total. The summed E-state index contributed by atoms with van der Waals surface area (Å²) in [5, 5.41) is 2.77. The van der Waals surface area contributed by atoms with E-state index in [-0.39, 0.29) is 25.0 Å². The zero-order valence-electron chi connectivity index (χ0n) is 16.2. The molecule has 0 aliphatic carbocycles. The summed E-state index contributed by atoms with van der Waals surface area (Å²) < 4.78 is 10.8. The Balaban J connectivity index is 1.91. The summed E-state index contributed by atoms with van der Waals surface area (Å²) in [5.74, 6) is 0.822. The Bertz CT molecular complexity index is 805. The van der Waals surface area contributed by atoms with Crippen LogP contribution < -0.4 is 14.8 Å². The molecule has 2 amide bonds. The number of nitrogens with one attached hydrogen (secondary N) is 1. The lowest BCUT2D eigenvalue weighted by molar-refractivity contribution is -0.136. The van der Waals surface area contributed by atoms with Crippen molar-refractivity contribution in [3.8, 4) is 11.5 Å². The van der Waals surface area contributed by atoms with Crippen LogP contribution in [0.1, 0.15) is 18.1 Å². The number of carbonyl (C=O) groups is 2. The van der Waals surface area contributed by atoms with Crippen LogP contribution in [0.25, 0.3) is 0 Å². The van der Waals surface area contributed by atoms with E-state index in [1.165, 1.54) is 4.90 Å². The van der Waals surface area contributed by atoms with E-state index in [4.69, 9.17) is 9.47 Å². The molecule has 27 heavy (non-hydrogen) atoms. The molecule has 0 bridgehead atoms. The molecule has 1 N–H and O–H groups in total. The first-order chi connectivity index (χ1) is 12.9. The number of aryl methyl sites for hydroxylation is 2. The highest BCUT2D eigenvalue weighted by atomic mass is 16.5. The average molecular weight is 370 g/mol. The van der Waals surface area contributed by atoms with Gasteiger partial charge < -0.3 is 19.7 Å². The quantitative estimate of drug-likeness (QED) is 0.775. The molecule has 0 atom stereocenters. The SMILES string of the molecule is CCN(CC(=O)Nc1cccc(OC)c1)C(=O)COc1cc(C)ccc1C. The van der Waals surface area contributed by atoms with Crippen molar-refractivity contribution < 1.29 is 19.1 Å². The summed E-state index contributed by atoms with van der Waals surface area (Å²) in [6.45, 7) is 6.00. The van der Waals surface area contributed by atoms with Gasteiger partial charge in [0.05, 0.1) is 13.7 Å². The van der Waals surface area contributed by atoms with E-state index in [0.29, 0.717) is 23.7 Å². The Morgan fingerprint density at radius 2 is 1.89 bits per heavy atom. The van der Waals surface area contributed by atoms with Crippen molar-refractivity contribution >= 4 is 17.5 Å². The Kier molecular flexibility index (Phi) is 7.23. The predicted octanol–water partition coefficient (Wildman–Crippen LogP) is 3.18. The number of amides is 2. The fourth-order valence-corrected chi connectivity index (χ4v) is 2.54. The fourth-order valence-electron chi connectivity index (χ4n) is 2.54. The molecule has 0 aliphatic heterocycles. The Hall–Kier alpha value is -3.02. The van der Waals surface area contributed by atoms with Gasteiger partial charge in [-0.3, -0.25) is 9.59 Å². The summed E-state index contributed by atoms with van der Waals surface area (Å²) >= 11 is 0. The topological polar surface area (TPSA) is 67.9 Å². The minimum atomic E-state index is -0.273. The van der Waals surface area contributed by atoms with Gasteiger partial charge in [0.2, 0.25) is 5.91 Å². The highest BCUT2D eigenvalue weighted by Gasteiger charge is 2.17. The highest BCUT2D eigenvalue weighted by molar-refractivity contribution is 5.94. The van der Waals surface area contributed by atoms with Crippen LogP contribution in [0.2, 0.25) is 0 Å². The third kappa shape index (κ3) is 6.02. The number of carbonyl (C=O) groups excluding carboxylic acids is 2. The van der Waals surface area contributed by atoms with Crippen molar-refractivity contribution in [1.29, 1.82) is 0 Å². The molecule has 0 aliphatic rings. The molecule has 0 fully saturated rings. The molecule has 2 aromatic carbocycles. The second-order valence-corrected chi connectivity index (χ2v) is 6.25. The first kappa shape index (κ1) is 20.3. The Labute approximate surface area is 160 Å². The second-order valence-electron chi connectivity index (χ2n) is 6.25. The minimum Gasteiger partial charge on any atom is -0.497 e. The normalized spacial score (nSPS) is 10.2. The van der Waals surface area contributed by atoms with Crippen LogP contribution in [0.3, 0.4) is 0 Å². The van der Waals surface area contributed by atoms with Gasteiger partial charge in [-0.15, -0.1) is 0 Å². The summed E-state index contributed by atoms with van der Waals surface area (Å²) in [6, 6.07) is 12.9. The van der Waals surface area contributed by atoms with Crippen molar-refractivity contribution in [3.63, 3.8) is 0 Å². The number of anilines is 1. The summed E-state index contributed by atoms with van der Waals surface area (Å²) in [7, 11) is 1.56. The standard InChI is InChI=1S/C21H26N2O4/c1-5-23(13-20(24)22-17-7-6-8-18(12-17)26-4)21(25)14-27-19-11-15(2)9-10-16(19)3/h6-12H,5,13-14H2,1-4H3,(H,22,24). The number of ether oxygens (including phenoxy) is 2. The van der Waals surface area contributed by atoms with Gasteiger partial charge in [-0.2, -0.15) is 0 Å². The second kappa shape index (κ2) is 9.62. The van der Waals surface area contributed by atoms with Gasteiger partial charge in [-0.25, -0.2) is 0 Å². The minimum absolute atomic E-state index is 0.0390. The molecular formula is C21H26N2O4. The van der Waals surface area contributed by atoms with E-state index in [2.05, 4.69) is 5.32 Å². The largest absolute Gasteiger partial charge is 0.497 e. The molecule has 2 aromatic rings. The summed E-state index contributed by atoms with van der Waals surface area (Å²) in [4.78, 5) is 26.2. The number of nitrogens with zero attached hydrogens (tertiary/aromatic N) is 1. The van der Waals surface area contributed by atoms with E-state index in [1.54, 1.807) is 31.4 Å². The lowest BCUT2D eigenvalue weighted by Gasteiger charge is -2.21. The fraction of sp³-hybridized carbons (Fsp3) is 0.333. The molecule has 2 rings (SSSR count). The maximum Gasteiger partial charge on any atom is 0.260 e. The number of likely N-dealkylation sites (N-methyl/N-ethyl adjacent to an activating group) is 1. The van der Waals surface area contributed by atoms with Crippen LogP contribution in [0.4, 0.5) is 5.69 Å². The molecule has 0 radical (unpaired) electrons. The molecule has 6 heteroatoms. The Morgan fingerprint density at radius 3 is 2.59 bits per heavy atom. The number of rotatable bonds is 8. The molecule has 0 spiro atoms. The van der Waals surface area contributed by atoms with Gasteiger partial charge in [0, 0.05) is 18.3 Å². The van der Waals surface area contributed by atoms with Crippen LogP contribution in [0.15, 0.2) is 42.5 Å². The molecule has 0 heterocycles. The van der Waals surface area contributed by atoms with E-state index in [0.717, 1.165) is 11.1 Å². The third-order valence-corrected chi connectivity index (χ3v) is 4.12. The van der Waals surface area contributed by atoms with Gasteiger partial charge >= 0.3 is 0 Å². The van der Waals surface area contributed by atoms with Crippen LogP contribution in [-0.2, 0) is 9.59 Å². The molecule has 144 valence electrons. The summed E-state index contributed by atoms with van der Waals surface area (Å²) in [6.07, 6.45) is 0. The monoisotopic (exact) mass is 370 g/mol. The van der Waals surface area contributed by atoms with Crippen LogP contribution in [0.5, 0.6) is 11.5 Å². The van der Waals surface area contributed by atoms with Crippen LogP contribution >= 0.6 is 0 Å². The number of hydrogen-bond donors (Lipinski definition) is 1. The van der Waals surface area contributed by atoms with E-state index in [9.17, 15) is 9.59 Å².